The van der Waals surface area contributed by atoms with E-state index in [9.17, 15) is 4.79 Å². The number of hydrogen-bond acceptors (Lipinski definition) is 3. The third-order valence-electron chi connectivity index (χ3n) is 4.91. The second-order valence-electron chi connectivity index (χ2n) is 6.07. The third-order valence-corrected chi connectivity index (χ3v) is 4.91. The minimum Gasteiger partial charge on any atom is -0.461 e. The summed E-state index contributed by atoms with van der Waals surface area (Å²) >= 11 is 0. The van der Waals surface area contributed by atoms with Crippen molar-refractivity contribution in [3.05, 3.63) is 17.0 Å². The molecule has 1 saturated carbocycles. The molecule has 2 bridgehead atoms. The molecule has 1 aromatic rings. The monoisotopic (exact) mass is 248 g/mol. The lowest BCUT2D eigenvalue weighted by atomic mass is 9.48. The van der Waals surface area contributed by atoms with Crippen LogP contribution in [-0.4, -0.2) is 22.4 Å². The van der Waals surface area contributed by atoms with Gasteiger partial charge in [0.1, 0.15) is 0 Å². The Morgan fingerprint density at radius 1 is 1.56 bits per heavy atom. The van der Waals surface area contributed by atoms with E-state index in [0.717, 1.165) is 12.0 Å². The summed E-state index contributed by atoms with van der Waals surface area (Å²) in [4.78, 5) is 11.9. The van der Waals surface area contributed by atoms with Crippen molar-refractivity contribution in [1.82, 2.24) is 9.78 Å². The fraction of sp³-hybridized carbons (Fsp3) is 0.714. The van der Waals surface area contributed by atoms with E-state index in [1.54, 1.807) is 0 Å². The van der Waals surface area contributed by atoms with Crippen LogP contribution >= 0.6 is 0 Å². The molecule has 1 aromatic heterocycles. The lowest BCUT2D eigenvalue weighted by Crippen LogP contribution is -2.48. The smallest absolute Gasteiger partial charge is 0.359 e. The zero-order valence-corrected chi connectivity index (χ0v) is 11.5. The van der Waals surface area contributed by atoms with E-state index in [0.29, 0.717) is 29.6 Å². The van der Waals surface area contributed by atoms with Gasteiger partial charge in [0, 0.05) is 24.2 Å². The molecule has 3 aliphatic rings. The van der Waals surface area contributed by atoms with E-state index in [4.69, 9.17) is 4.74 Å². The molecule has 2 unspecified atom stereocenters. The highest BCUT2D eigenvalue weighted by Gasteiger charge is 2.55. The molecule has 3 aliphatic carbocycles. The van der Waals surface area contributed by atoms with Gasteiger partial charge >= 0.3 is 5.97 Å². The van der Waals surface area contributed by atoms with Gasteiger partial charge in [0.2, 0.25) is 0 Å². The Morgan fingerprint density at radius 3 is 2.89 bits per heavy atom. The van der Waals surface area contributed by atoms with Crippen LogP contribution in [-0.2, 0) is 18.2 Å². The second-order valence-corrected chi connectivity index (χ2v) is 6.07. The lowest BCUT2D eigenvalue weighted by molar-refractivity contribution is 0.0134. The van der Waals surface area contributed by atoms with Crippen LogP contribution in [0.5, 0.6) is 0 Å². The molecule has 1 fully saturated rings. The first-order chi connectivity index (χ1) is 8.46. The molecule has 1 heterocycles. The molecular weight excluding hydrogens is 228 g/mol. The Bertz CT molecular complexity index is 516. The van der Waals surface area contributed by atoms with E-state index in [1.807, 2.05) is 18.7 Å². The zero-order chi connectivity index (χ0) is 13.1. The van der Waals surface area contributed by atoms with Crippen molar-refractivity contribution in [3.8, 4) is 0 Å². The average Bonchev–Trinajstić information content (AvgIpc) is 2.67. The first kappa shape index (κ1) is 11.8. The Labute approximate surface area is 107 Å². The predicted molar refractivity (Wildman–Crippen MR) is 67.5 cm³/mol. The van der Waals surface area contributed by atoms with Gasteiger partial charge < -0.3 is 4.74 Å². The second kappa shape index (κ2) is 3.59. The molecule has 0 spiro atoms. The van der Waals surface area contributed by atoms with E-state index in [-0.39, 0.29) is 5.97 Å². The SMILES string of the molecule is CCOC(=O)c1nn(C)c2c1CC1CC2C1(C)C. The van der Waals surface area contributed by atoms with Crippen LogP contribution in [0.4, 0.5) is 0 Å². The summed E-state index contributed by atoms with van der Waals surface area (Å²) in [6, 6.07) is 0. The van der Waals surface area contributed by atoms with Gasteiger partial charge in [-0.15, -0.1) is 0 Å². The third kappa shape index (κ3) is 1.32. The number of carbonyl (C=O) groups is 1. The minimum absolute atomic E-state index is 0.270. The number of aryl methyl sites for hydroxylation is 1. The van der Waals surface area contributed by atoms with Crippen molar-refractivity contribution in [2.75, 3.05) is 6.61 Å². The normalized spacial score (nSPS) is 27.3. The van der Waals surface area contributed by atoms with Crippen molar-refractivity contribution in [2.24, 2.45) is 18.4 Å². The molecule has 0 N–H and O–H groups in total. The Kier molecular flexibility index (Phi) is 2.34. The van der Waals surface area contributed by atoms with Gasteiger partial charge in [-0.05, 0) is 31.1 Å². The highest BCUT2D eigenvalue weighted by molar-refractivity contribution is 5.89. The molecule has 98 valence electrons. The van der Waals surface area contributed by atoms with Crippen molar-refractivity contribution < 1.29 is 9.53 Å². The summed E-state index contributed by atoms with van der Waals surface area (Å²) in [6.07, 6.45) is 2.21. The molecule has 2 atom stereocenters. The van der Waals surface area contributed by atoms with Crippen LogP contribution in [0, 0.1) is 11.3 Å². The topological polar surface area (TPSA) is 44.1 Å². The van der Waals surface area contributed by atoms with Crippen LogP contribution in [0.2, 0.25) is 0 Å². The Hall–Kier alpha value is -1.32. The fourth-order valence-corrected chi connectivity index (χ4v) is 3.65. The maximum atomic E-state index is 11.9. The Balaban J connectivity index is 2.04. The summed E-state index contributed by atoms with van der Waals surface area (Å²) in [6.45, 7) is 6.88. The highest BCUT2D eigenvalue weighted by Crippen LogP contribution is 2.62. The van der Waals surface area contributed by atoms with E-state index in [1.165, 1.54) is 12.1 Å². The maximum absolute atomic E-state index is 11.9. The van der Waals surface area contributed by atoms with Crippen LogP contribution < -0.4 is 0 Å². The average molecular weight is 248 g/mol. The molecule has 0 radical (unpaired) electrons. The molecule has 4 nitrogen and oxygen atoms in total. The summed E-state index contributed by atoms with van der Waals surface area (Å²) < 4.78 is 6.99. The van der Waals surface area contributed by atoms with Crippen LogP contribution in [0.15, 0.2) is 0 Å². The minimum atomic E-state index is -0.270. The van der Waals surface area contributed by atoms with Crippen molar-refractivity contribution in [2.45, 2.75) is 39.5 Å². The van der Waals surface area contributed by atoms with Gasteiger partial charge in [-0.2, -0.15) is 5.10 Å². The number of hydrogen-bond donors (Lipinski definition) is 0. The predicted octanol–water partition coefficient (Wildman–Crippen LogP) is 2.28. The number of ether oxygens (including phenoxy) is 1. The van der Waals surface area contributed by atoms with Gasteiger partial charge in [0.25, 0.3) is 0 Å². The summed E-state index contributed by atoms with van der Waals surface area (Å²) in [7, 11) is 1.94. The molecule has 0 saturated heterocycles. The molecule has 4 heteroatoms. The van der Waals surface area contributed by atoms with Gasteiger partial charge in [-0.25, -0.2) is 4.79 Å². The van der Waals surface area contributed by atoms with Crippen LogP contribution in [0.1, 0.15) is 54.9 Å². The lowest BCUT2D eigenvalue weighted by Gasteiger charge is -2.56. The fourth-order valence-electron chi connectivity index (χ4n) is 3.65. The molecule has 0 aliphatic heterocycles. The van der Waals surface area contributed by atoms with Gasteiger partial charge in [0.05, 0.1) is 6.61 Å². The Morgan fingerprint density at radius 2 is 2.28 bits per heavy atom. The number of rotatable bonds is 2. The molecule has 0 amide bonds. The standard InChI is InChI=1S/C14H20N2O2/c1-5-18-13(17)11-9-6-8-7-10(14(8,2)3)12(9)16(4)15-11/h8,10H,5-7H2,1-4H3. The van der Waals surface area contributed by atoms with Gasteiger partial charge in [0.15, 0.2) is 5.69 Å². The number of esters is 1. The molecule has 18 heavy (non-hydrogen) atoms. The summed E-state index contributed by atoms with van der Waals surface area (Å²) in [5, 5.41) is 4.40. The van der Waals surface area contributed by atoms with Crippen molar-refractivity contribution in [1.29, 1.82) is 0 Å². The first-order valence-corrected chi connectivity index (χ1v) is 6.69. The summed E-state index contributed by atoms with van der Waals surface area (Å²) in [5.41, 5.74) is 3.29. The van der Waals surface area contributed by atoms with Gasteiger partial charge in [-0.1, -0.05) is 13.8 Å². The molecular formula is C14H20N2O2. The van der Waals surface area contributed by atoms with Crippen molar-refractivity contribution in [3.63, 3.8) is 0 Å². The number of carbonyl (C=O) groups excluding carboxylic acids is 1. The molecule has 4 rings (SSSR count). The number of aromatic nitrogens is 2. The van der Waals surface area contributed by atoms with E-state index < -0.39 is 0 Å². The zero-order valence-electron chi connectivity index (χ0n) is 11.5. The quantitative estimate of drug-likeness (QED) is 0.754. The van der Waals surface area contributed by atoms with Crippen molar-refractivity contribution >= 4 is 5.97 Å². The maximum Gasteiger partial charge on any atom is 0.359 e. The van der Waals surface area contributed by atoms with E-state index in [2.05, 4.69) is 18.9 Å². The van der Waals surface area contributed by atoms with Gasteiger partial charge in [-0.3, -0.25) is 4.68 Å². The largest absolute Gasteiger partial charge is 0.461 e. The van der Waals surface area contributed by atoms with Crippen LogP contribution in [0.25, 0.3) is 0 Å². The first-order valence-electron chi connectivity index (χ1n) is 6.69. The summed E-state index contributed by atoms with van der Waals surface area (Å²) in [5.74, 6) is 0.966. The highest BCUT2D eigenvalue weighted by atomic mass is 16.5. The number of nitrogens with zero attached hydrogens (tertiary/aromatic N) is 2. The van der Waals surface area contributed by atoms with E-state index >= 15 is 0 Å². The van der Waals surface area contributed by atoms with Crippen LogP contribution in [0.3, 0.4) is 0 Å². The molecule has 0 aromatic carbocycles.